The van der Waals surface area contributed by atoms with Crippen LogP contribution in [-0.2, 0) is 25.5 Å². The number of benzene rings is 1. The van der Waals surface area contributed by atoms with Gasteiger partial charge in [-0.3, -0.25) is 14.4 Å². The molecule has 0 fully saturated rings. The number of hydrogen-bond donors (Lipinski definition) is 1. The molecule has 0 atom stereocenters. The second kappa shape index (κ2) is 8.76. The third kappa shape index (κ3) is 6.83. The van der Waals surface area contributed by atoms with Crippen LogP contribution in [0.1, 0.15) is 12.0 Å². The molecule has 1 N–H and O–H groups in total. The number of carbonyl (C=O) groups excluding carboxylic acids is 3. The number of hydrogen-bond acceptors (Lipinski definition) is 4. The SMILES string of the molecule is CN(C)C(=O)CNC(=O)COC(=O)CCc1ccc(F)cc1. The summed E-state index contributed by atoms with van der Waals surface area (Å²) >= 11 is 0. The first-order chi connectivity index (χ1) is 10.4. The number of halogens is 1. The molecule has 0 heterocycles. The van der Waals surface area contributed by atoms with Crippen LogP contribution in [0.2, 0.25) is 0 Å². The molecule has 1 aromatic rings. The van der Waals surface area contributed by atoms with Crippen molar-refractivity contribution < 1.29 is 23.5 Å². The van der Waals surface area contributed by atoms with Crippen LogP contribution in [0.15, 0.2) is 24.3 Å². The summed E-state index contributed by atoms with van der Waals surface area (Å²) in [6.45, 7) is -0.568. The van der Waals surface area contributed by atoms with Crippen molar-refractivity contribution in [1.29, 1.82) is 0 Å². The minimum Gasteiger partial charge on any atom is -0.456 e. The lowest BCUT2D eigenvalue weighted by molar-refractivity contribution is -0.148. The Morgan fingerprint density at radius 1 is 1.18 bits per heavy atom. The molecule has 0 bridgehead atoms. The van der Waals surface area contributed by atoms with Crippen molar-refractivity contribution in [1.82, 2.24) is 10.2 Å². The summed E-state index contributed by atoms with van der Waals surface area (Å²) in [4.78, 5) is 35.5. The minimum absolute atomic E-state index is 0.0928. The number of rotatable bonds is 7. The van der Waals surface area contributed by atoms with E-state index in [0.717, 1.165) is 5.56 Å². The number of carbonyl (C=O) groups is 3. The van der Waals surface area contributed by atoms with Crippen molar-refractivity contribution in [3.05, 3.63) is 35.6 Å². The zero-order chi connectivity index (χ0) is 16.5. The molecule has 0 unspecified atom stereocenters. The standard InChI is InChI=1S/C15H19FN2O4/c1-18(2)14(20)9-17-13(19)10-22-15(21)8-5-11-3-6-12(16)7-4-11/h3-4,6-7H,5,8-10H2,1-2H3,(H,17,19). The van der Waals surface area contributed by atoms with Crippen LogP contribution in [0.25, 0.3) is 0 Å². The third-order valence-corrected chi connectivity index (χ3v) is 2.83. The largest absolute Gasteiger partial charge is 0.456 e. The van der Waals surface area contributed by atoms with E-state index in [0.29, 0.717) is 6.42 Å². The predicted molar refractivity (Wildman–Crippen MR) is 77.4 cm³/mol. The van der Waals surface area contributed by atoms with Crippen LogP contribution in [0, 0.1) is 5.82 Å². The van der Waals surface area contributed by atoms with Gasteiger partial charge in [0, 0.05) is 20.5 Å². The zero-order valence-corrected chi connectivity index (χ0v) is 12.6. The number of amides is 2. The molecule has 120 valence electrons. The normalized spacial score (nSPS) is 9.95. The van der Waals surface area contributed by atoms with Gasteiger partial charge in [0.15, 0.2) is 6.61 Å². The maximum absolute atomic E-state index is 12.7. The highest BCUT2D eigenvalue weighted by atomic mass is 19.1. The molecule has 0 radical (unpaired) electrons. The lowest BCUT2D eigenvalue weighted by atomic mass is 10.1. The van der Waals surface area contributed by atoms with Crippen molar-refractivity contribution in [2.45, 2.75) is 12.8 Å². The quantitative estimate of drug-likeness (QED) is 0.744. The maximum Gasteiger partial charge on any atom is 0.306 e. The van der Waals surface area contributed by atoms with Gasteiger partial charge in [-0.2, -0.15) is 0 Å². The number of esters is 1. The Labute approximate surface area is 128 Å². The number of nitrogens with one attached hydrogen (secondary N) is 1. The van der Waals surface area contributed by atoms with Crippen molar-refractivity contribution in [2.75, 3.05) is 27.2 Å². The van der Waals surface area contributed by atoms with E-state index in [1.54, 1.807) is 26.2 Å². The highest BCUT2D eigenvalue weighted by molar-refractivity contribution is 5.86. The van der Waals surface area contributed by atoms with Gasteiger partial charge in [0.1, 0.15) is 5.82 Å². The van der Waals surface area contributed by atoms with E-state index in [9.17, 15) is 18.8 Å². The Balaban J connectivity index is 2.21. The summed E-state index contributed by atoms with van der Waals surface area (Å²) in [5, 5.41) is 2.35. The third-order valence-electron chi connectivity index (χ3n) is 2.83. The Hall–Kier alpha value is -2.44. The summed E-state index contributed by atoms with van der Waals surface area (Å²) in [6, 6.07) is 5.80. The van der Waals surface area contributed by atoms with Crippen LogP contribution in [0.3, 0.4) is 0 Å². The van der Waals surface area contributed by atoms with Gasteiger partial charge >= 0.3 is 5.97 Å². The van der Waals surface area contributed by atoms with E-state index in [4.69, 9.17) is 4.74 Å². The molecule has 0 aliphatic rings. The number of likely N-dealkylation sites (N-methyl/N-ethyl adjacent to an activating group) is 1. The highest BCUT2D eigenvalue weighted by Crippen LogP contribution is 2.05. The average molecular weight is 310 g/mol. The first kappa shape index (κ1) is 17.6. The van der Waals surface area contributed by atoms with Gasteiger partial charge in [0.05, 0.1) is 6.54 Å². The monoisotopic (exact) mass is 310 g/mol. The zero-order valence-electron chi connectivity index (χ0n) is 12.6. The van der Waals surface area contributed by atoms with Gasteiger partial charge in [0.2, 0.25) is 5.91 Å². The second-order valence-electron chi connectivity index (χ2n) is 4.85. The van der Waals surface area contributed by atoms with Gasteiger partial charge in [-0.1, -0.05) is 12.1 Å². The lowest BCUT2D eigenvalue weighted by Gasteiger charge is -2.11. The number of aryl methyl sites for hydroxylation is 1. The van der Waals surface area contributed by atoms with Crippen molar-refractivity contribution >= 4 is 17.8 Å². The second-order valence-corrected chi connectivity index (χ2v) is 4.85. The molecule has 0 spiro atoms. The van der Waals surface area contributed by atoms with E-state index < -0.39 is 18.5 Å². The van der Waals surface area contributed by atoms with Gasteiger partial charge in [0.25, 0.3) is 5.91 Å². The molecular formula is C15H19FN2O4. The summed E-state index contributed by atoms with van der Waals surface area (Å²) in [6.07, 6.45) is 0.495. The first-order valence-corrected chi connectivity index (χ1v) is 6.75. The molecule has 0 saturated carbocycles. The maximum atomic E-state index is 12.7. The van der Waals surface area contributed by atoms with Crippen LogP contribution >= 0.6 is 0 Å². The first-order valence-electron chi connectivity index (χ1n) is 6.75. The Morgan fingerprint density at radius 3 is 2.41 bits per heavy atom. The van der Waals surface area contributed by atoms with Crippen molar-refractivity contribution in [2.24, 2.45) is 0 Å². The summed E-state index contributed by atoms with van der Waals surface area (Å²) in [5.41, 5.74) is 0.805. The van der Waals surface area contributed by atoms with Crippen molar-refractivity contribution in [3.8, 4) is 0 Å². The van der Waals surface area contributed by atoms with Gasteiger partial charge in [-0.05, 0) is 24.1 Å². The highest BCUT2D eigenvalue weighted by Gasteiger charge is 2.10. The fourth-order valence-corrected chi connectivity index (χ4v) is 1.50. The lowest BCUT2D eigenvalue weighted by Crippen LogP contribution is -2.38. The number of nitrogens with zero attached hydrogens (tertiary/aromatic N) is 1. The molecule has 0 aliphatic heterocycles. The molecule has 6 nitrogen and oxygen atoms in total. The molecule has 2 amide bonds. The van der Waals surface area contributed by atoms with E-state index in [1.165, 1.54) is 17.0 Å². The van der Waals surface area contributed by atoms with Crippen molar-refractivity contribution in [3.63, 3.8) is 0 Å². The molecule has 1 rings (SSSR count). The predicted octanol–water partition coefficient (Wildman–Crippen LogP) is 0.506. The fraction of sp³-hybridized carbons (Fsp3) is 0.400. The van der Waals surface area contributed by atoms with Gasteiger partial charge in [-0.25, -0.2) is 4.39 Å². The Bertz CT molecular complexity index is 529. The van der Waals surface area contributed by atoms with E-state index in [-0.39, 0.29) is 24.7 Å². The van der Waals surface area contributed by atoms with Crippen LogP contribution in [0.4, 0.5) is 4.39 Å². The molecule has 22 heavy (non-hydrogen) atoms. The summed E-state index contributed by atoms with van der Waals surface area (Å²) in [7, 11) is 3.15. The van der Waals surface area contributed by atoms with Gasteiger partial charge in [-0.15, -0.1) is 0 Å². The molecule has 1 aromatic carbocycles. The smallest absolute Gasteiger partial charge is 0.306 e. The van der Waals surface area contributed by atoms with Crippen LogP contribution in [-0.4, -0.2) is 49.9 Å². The fourth-order valence-electron chi connectivity index (χ4n) is 1.50. The number of ether oxygens (including phenoxy) is 1. The molecule has 7 heteroatoms. The van der Waals surface area contributed by atoms with Crippen LogP contribution < -0.4 is 5.32 Å². The van der Waals surface area contributed by atoms with Crippen LogP contribution in [0.5, 0.6) is 0 Å². The van der Waals surface area contributed by atoms with Gasteiger partial charge < -0.3 is 15.0 Å². The van der Waals surface area contributed by atoms with E-state index >= 15 is 0 Å². The molecule has 0 aromatic heterocycles. The molecular weight excluding hydrogens is 291 g/mol. The topological polar surface area (TPSA) is 75.7 Å². The Kier molecular flexibility index (Phi) is 7.01. The van der Waals surface area contributed by atoms with E-state index in [1.807, 2.05) is 0 Å². The molecule has 0 saturated heterocycles. The summed E-state index contributed by atoms with van der Waals surface area (Å²) in [5.74, 6) is -1.66. The summed E-state index contributed by atoms with van der Waals surface area (Å²) < 4.78 is 17.5. The Morgan fingerprint density at radius 2 is 1.82 bits per heavy atom. The van der Waals surface area contributed by atoms with E-state index in [2.05, 4.69) is 5.32 Å². The average Bonchev–Trinajstić information content (AvgIpc) is 2.49. The minimum atomic E-state index is -0.537. The molecule has 0 aliphatic carbocycles.